The highest BCUT2D eigenvalue weighted by Crippen LogP contribution is 2.25. The molecule has 3 nitrogen and oxygen atoms in total. The third-order valence-corrected chi connectivity index (χ3v) is 3.34. The van der Waals surface area contributed by atoms with E-state index in [1.54, 1.807) is 12.1 Å². The zero-order valence-electron chi connectivity index (χ0n) is 10.6. The summed E-state index contributed by atoms with van der Waals surface area (Å²) in [5.41, 5.74) is -0.0877. The van der Waals surface area contributed by atoms with Crippen LogP contribution in [-0.2, 0) is 0 Å². The highest BCUT2D eigenvalue weighted by molar-refractivity contribution is 6.30. The minimum Gasteiger partial charge on any atom is -0.307 e. The van der Waals surface area contributed by atoms with E-state index in [-0.39, 0.29) is 16.7 Å². The van der Waals surface area contributed by atoms with Crippen LogP contribution in [0.2, 0.25) is 5.02 Å². The Labute approximate surface area is 123 Å². The van der Waals surface area contributed by atoms with Gasteiger partial charge in [0.1, 0.15) is 11.6 Å². The highest BCUT2D eigenvalue weighted by atomic mass is 35.5. The molecule has 6 heteroatoms. The molecule has 0 aliphatic rings. The average Bonchev–Trinajstić information content (AvgIpc) is 2.46. The Balaban J connectivity index is 2.11. The van der Waals surface area contributed by atoms with E-state index >= 15 is 0 Å². The number of alkyl halides is 1. The Bertz CT molecular complexity index is 862. The minimum absolute atomic E-state index is 0.116. The van der Waals surface area contributed by atoms with Crippen molar-refractivity contribution in [2.45, 2.75) is 6.17 Å². The predicted molar refractivity (Wildman–Crippen MR) is 76.7 cm³/mol. The summed E-state index contributed by atoms with van der Waals surface area (Å²) in [6, 6.07) is 9.67. The lowest BCUT2D eigenvalue weighted by Crippen LogP contribution is -2.14. The molecule has 1 atom stereocenters. The van der Waals surface area contributed by atoms with Crippen LogP contribution in [0.1, 0.15) is 17.6 Å². The monoisotopic (exact) mass is 306 g/mol. The Hall–Kier alpha value is -2.27. The summed E-state index contributed by atoms with van der Waals surface area (Å²) in [7, 11) is 0. The average molecular weight is 307 g/mol. The maximum atomic E-state index is 14.4. The van der Waals surface area contributed by atoms with Crippen molar-refractivity contribution in [3.8, 4) is 0 Å². The quantitative estimate of drug-likeness (QED) is 0.783. The van der Waals surface area contributed by atoms with Gasteiger partial charge in [-0.2, -0.15) is 0 Å². The molecule has 3 rings (SSSR count). The molecular weight excluding hydrogens is 298 g/mol. The Morgan fingerprint density at radius 3 is 2.57 bits per heavy atom. The molecule has 0 saturated heterocycles. The van der Waals surface area contributed by atoms with Gasteiger partial charge in [0.05, 0.1) is 10.9 Å². The van der Waals surface area contributed by atoms with Crippen molar-refractivity contribution < 1.29 is 8.78 Å². The Kier molecular flexibility index (Phi) is 3.43. The molecule has 21 heavy (non-hydrogen) atoms. The van der Waals surface area contributed by atoms with Crippen molar-refractivity contribution >= 4 is 22.5 Å². The second-order valence-electron chi connectivity index (χ2n) is 4.53. The molecule has 0 aliphatic carbocycles. The summed E-state index contributed by atoms with van der Waals surface area (Å²) in [4.78, 5) is 18.3. The van der Waals surface area contributed by atoms with E-state index in [1.165, 1.54) is 18.2 Å². The number of hydrogen-bond acceptors (Lipinski definition) is 2. The highest BCUT2D eigenvalue weighted by Gasteiger charge is 2.17. The van der Waals surface area contributed by atoms with Crippen LogP contribution in [0.4, 0.5) is 8.78 Å². The molecule has 0 spiro atoms. The number of nitrogens with zero attached hydrogens (tertiary/aromatic N) is 1. The summed E-state index contributed by atoms with van der Waals surface area (Å²) < 4.78 is 27.6. The second kappa shape index (κ2) is 5.26. The van der Waals surface area contributed by atoms with Gasteiger partial charge in [0.25, 0.3) is 5.56 Å². The lowest BCUT2D eigenvalue weighted by Gasteiger charge is -2.09. The maximum Gasteiger partial charge on any atom is 0.258 e. The fraction of sp³-hybridized carbons (Fsp3) is 0.0667. The third kappa shape index (κ3) is 2.64. The number of aromatic amines is 1. The van der Waals surface area contributed by atoms with E-state index < -0.39 is 17.5 Å². The molecule has 106 valence electrons. The number of H-pyrrole nitrogens is 1. The van der Waals surface area contributed by atoms with Gasteiger partial charge >= 0.3 is 0 Å². The van der Waals surface area contributed by atoms with Gasteiger partial charge in [-0.15, -0.1) is 0 Å². The van der Waals surface area contributed by atoms with Crippen molar-refractivity contribution in [2.24, 2.45) is 0 Å². The molecule has 0 radical (unpaired) electrons. The number of nitrogens with one attached hydrogen (secondary N) is 1. The van der Waals surface area contributed by atoms with Gasteiger partial charge in [0.15, 0.2) is 6.17 Å². The molecule has 1 heterocycles. The number of benzene rings is 2. The van der Waals surface area contributed by atoms with Crippen LogP contribution in [0.5, 0.6) is 0 Å². The van der Waals surface area contributed by atoms with Crippen molar-refractivity contribution in [1.82, 2.24) is 9.97 Å². The zero-order chi connectivity index (χ0) is 15.0. The molecule has 1 aromatic heterocycles. The van der Waals surface area contributed by atoms with Crippen LogP contribution in [-0.4, -0.2) is 9.97 Å². The first-order valence-corrected chi connectivity index (χ1v) is 6.51. The van der Waals surface area contributed by atoms with E-state index in [9.17, 15) is 13.6 Å². The summed E-state index contributed by atoms with van der Waals surface area (Å²) >= 11 is 5.75. The summed E-state index contributed by atoms with van der Waals surface area (Å²) in [5, 5.41) is 0.691. The van der Waals surface area contributed by atoms with Gasteiger partial charge in [0, 0.05) is 11.1 Å². The van der Waals surface area contributed by atoms with Crippen molar-refractivity contribution in [3.05, 3.63) is 75.0 Å². The van der Waals surface area contributed by atoms with Crippen LogP contribution in [0.25, 0.3) is 10.9 Å². The molecule has 0 aliphatic heterocycles. The maximum absolute atomic E-state index is 14.4. The van der Waals surface area contributed by atoms with E-state index in [4.69, 9.17) is 11.6 Å². The van der Waals surface area contributed by atoms with E-state index in [2.05, 4.69) is 9.97 Å². The summed E-state index contributed by atoms with van der Waals surface area (Å²) in [6.45, 7) is 0. The van der Waals surface area contributed by atoms with Gasteiger partial charge < -0.3 is 4.98 Å². The van der Waals surface area contributed by atoms with Crippen LogP contribution in [0, 0.1) is 5.82 Å². The SMILES string of the molecule is O=c1[nH]c([C@H](F)c2ccc(Cl)cc2)nc2cc(F)ccc12. The lowest BCUT2D eigenvalue weighted by molar-refractivity contribution is 0.384. The number of aromatic nitrogens is 2. The smallest absolute Gasteiger partial charge is 0.258 e. The third-order valence-electron chi connectivity index (χ3n) is 3.09. The molecule has 3 aromatic rings. The molecule has 0 saturated carbocycles. The molecule has 1 N–H and O–H groups in total. The normalized spacial score (nSPS) is 12.5. The zero-order valence-corrected chi connectivity index (χ0v) is 11.4. The Morgan fingerprint density at radius 2 is 1.86 bits per heavy atom. The molecule has 2 aromatic carbocycles. The van der Waals surface area contributed by atoms with E-state index in [1.807, 2.05) is 0 Å². The minimum atomic E-state index is -1.62. The first-order valence-electron chi connectivity index (χ1n) is 6.13. The van der Waals surface area contributed by atoms with Gasteiger partial charge in [-0.3, -0.25) is 4.79 Å². The molecule has 0 bridgehead atoms. The topological polar surface area (TPSA) is 45.8 Å². The number of hydrogen-bond donors (Lipinski definition) is 1. The van der Waals surface area contributed by atoms with Gasteiger partial charge in [-0.1, -0.05) is 23.7 Å². The molecule has 0 fully saturated rings. The fourth-order valence-corrected chi connectivity index (χ4v) is 2.17. The van der Waals surface area contributed by atoms with Gasteiger partial charge in [0.2, 0.25) is 0 Å². The summed E-state index contributed by atoms with van der Waals surface area (Å²) in [6.07, 6.45) is -1.62. The van der Waals surface area contributed by atoms with E-state index in [0.29, 0.717) is 10.6 Å². The second-order valence-corrected chi connectivity index (χ2v) is 4.96. The van der Waals surface area contributed by atoms with Crippen LogP contribution < -0.4 is 5.56 Å². The number of halogens is 3. The first-order chi connectivity index (χ1) is 10.0. The molecule has 0 unspecified atom stereocenters. The number of fused-ring (bicyclic) bond motifs is 1. The van der Waals surface area contributed by atoms with Crippen molar-refractivity contribution in [1.29, 1.82) is 0 Å². The summed E-state index contributed by atoms with van der Waals surface area (Å²) in [5.74, 6) is -0.700. The number of rotatable bonds is 2. The van der Waals surface area contributed by atoms with Crippen LogP contribution in [0.15, 0.2) is 47.3 Å². The molecule has 0 amide bonds. The Morgan fingerprint density at radius 1 is 1.14 bits per heavy atom. The lowest BCUT2D eigenvalue weighted by atomic mass is 10.1. The predicted octanol–water partition coefficient (Wildman–Crippen LogP) is 3.77. The first kappa shape index (κ1) is 13.7. The fourth-order valence-electron chi connectivity index (χ4n) is 2.04. The van der Waals surface area contributed by atoms with Crippen LogP contribution in [0.3, 0.4) is 0 Å². The van der Waals surface area contributed by atoms with Gasteiger partial charge in [-0.25, -0.2) is 13.8 Å². The van der Waals surface area contributed by atoms with E-state index in [0.717, 1.165) is 12.1 Å². The van der Waals surface area contributed by atoms with Gasteiger partial charge in [-0.05, 0) is 29.8 Å². The largest absolute Gasteiger partial charge is 0.307 e. The molecular formula is C15H9ClF2N2O. The van der Waals surface area contributed by atoms with Crippen molar-refractivity contribution in [3.63, 3.8) is 0 Å². The van der Waals surface area contributed by atoms with Crippen LogP contribution >= 0.6 is 11.6 Å². The van der Waals surface area contributed by atoms with Crippen molar-refractivity contribution in [2.75, 3.05) is 0 Å². The standard InChI is InChI=1S/C15H9ClF2N2O/c16-9-3-1-8(2-4-9)13(18)14-19-12-7-10(17)5-6-11(12)15(21)20-14/h1-7,13H,(H,19,20,21)/t13-/m1/s1.